The van der Waals surface area contributed by atoms with Crippen LogP contribution >= 0.6 is 0 Å². The van der Waals surface area contributed by atoms with Gasteiger partial charge in [0, 0.05) is 7.11 Å². The third-order valence-electron chi connectivity index (χ3n) is 13.9. The predicted molar refractivity (Wildman–Crippen MR) is 165 cm³/mol. The van der Waals surface area contributed by atoms with Gasteiger partial charge in [0.05, 0.1) is 37.6 Å². The number of aliphatic hydroxyl groups is 6. The van der Waals surface area contributed by atoms with Crippen molar-refractivity contribution in [2.75, 3.05) is 20.3 Å². The van der Waals surface area contributed by atoms with Crippen LogP contribution in [-0.2, 0) is 14.2 Å². The van der Waals surface area contributed by atoms with Crippen LogP contribution in [0, 0.1) is 58.2 Å². The van der Waals surface area contributed by atoms with Crippen LogP contribution in [0.3, 0.4) is 0 Å². The first-order valence-corrected chi connectivity index (χ1v) is 17.6. The average molecular weight is 627 g/mol. The van der Waals surface area contributed by atoms with Crippen LogP contribution in [0.1, 0.15) is 92.4 Å². The van der Waals surface area contributed by atoms with Crippen molar-refractivity contribution in [2.45, 2.75) is 141 Å². The zero-order valence-electron chi connectivity index (χ0n) is 27.9. The van der Waals surface area contributed by atoms with Gasteiger partial charge in [0.2, 0.25) is 0 Å². The van der Waals surface area contributed by atoms with Gasteiger partial charge in [-0.2, -0.15) is 0 Å². The van der Waals surface area contributed by atoms with Gasteiger partial charge in [-0.3, -0.25) is 0 Å². The Balaban J connectivity index is 1.21. The molecule has 1 saturated heterocycles. The summed E-state index contributed by atoms with van der Waals surface area (Å²) in [7, 11) is 1.48. The Labute approximate surface area is 264 Å². The van der Waals surface area contributed by atoms with E-state index in [-0.39, 0.29) is 53.1 Å². The number of fused-ring (bicyclic) bond motifs is 5. The van der Waals surface area contributed by atoms with Gasteiger partial charge in [-0.25, -0.2) is 0 Å². The van der Waals surface area contributed by atoms with E-state index < -0.39 is 42.9 Å². The molecule has 0 aromatic carbocycles. The van der Waals surface area contributed by atoms with Gasteiger partial charge in [-0.05, 0) is 110 Å². The summed E-state index contributed by atoms with van der Waals surface area (Å²) in [6.07, 6.45) is 1.73. The Morgan fingerprint density at radius 2 is 1.50 bits per heavy atom. The Hall–Kier alpha value is -0.360. The highest BCUT2D eigenvalue weighted by atomic mass is 16.7. The number of hydrogen-bond donors (Lipinski definition) is 6. The van der Waals surface area contributed by atoms with E-state index >= 15 is 0 Å². The fourth-order valence-electron chi connectivity index (χ4n) is 11.3. The van der Waals surface area contributed by atoms with E-state index in [9.17, 15) is 30.6 Å². The van der Waals surface area contributed by atoms with Crippen LogP contribution in [0.15, 0.2) is 0 Å². The Kier molecular flexibility index (Phi) is 10.8. The molecule has 9 nitrogen and oxygen atoms in total. The maximum Gasteiger partial charge on any atom is 0.186 e. The Morgan fingerprint density at radius 3 is 2.18 bits per heavy atom. The molecular weight excluding hydrogens is 564 g/mol. The first kappa shape index (κ1) is 35.0. The summed E-state index contributed by atoms with van der Waals surface area (Å²) in [6.45, 7) is 11.9. The average Bonchev–Trinajstić information content (AvgIpc) is 3.18. The summed E-state index contributed by atoms with van der Waals surface area (Å²) >= 11 is 0. The smallest absolute Gasteiger partial charge is 0.186 e. The quantitative estimate of drug-likeness (QED) is 0.215. The first-order chi connectivity index (χ1) is 20.7. The van der Waals surface area contributed by atoms with Gasteiger partial charge in [0.25, 0.3) is 0 Å². The SMILES string of the molecule is CO[C@@H]1CO[C@@H](OCCC(CCC(C)C2[C@@H](O)[C@@H](O)C3C4CC(O)C5C[C@@H](O)CC[C@]5(C)C4CC[C@]23C)C(C)C)C(O)C1O. The molecule has 44 heavy (non-hydrogen) atoms. The van der Waals surface area contributed by atoms with Crippen LogP contribution in [0.2, 0.25) is 0 Å². The molecule has 1 aliphatic heterocycles. The zero-order chi connectivity index (χ0) is 32.1. The molecule has 4 aliphatic carbocycles. The van der Waals surface area contributed by atoms with Crippen molar-refractivity contribution in [1.29, 1.82) is 0 Å². The largest absolute Gasteiger partial charge is 0.393 e. The molecule has 6 N–H and O–H groups in total. The van der Waals surface area contributed by atoms with Crippen molar-refractivity contribution in [3.05, 3.63) is 0 Å². The number of hydrogen-bond acceptors (Lipinski definition) is 9. The second-order valence-corrected chi connectivity index (χ2v) is 16.4. The molecule has 256 valence electrons. The van der Waals surface area contributed by atoms with E-state index in [0.29, 0.717) is 37.2 Å². The van der Waals surface area contributed by atoms with E-state index in [1.807, 2.05) is 0 Å². The van der Waals surface area contributed by atoms with Crippen LogP contribution in [-0.4, -0.2) is 100.0 Å². The topological polar surface area (TPSA) is 149 Å². The van der Waals surface area contributed by atoms with Gasteiger partial charge >= 0.3 is 0 Å². The van der Waals surface area contributed by atoms with Crippen molar-refractivity contribution >= 4 is 0 Å². The third kappa shape index (κ3) is 6.16. The minimum absolute atomic E-state index is 0.00985. The molecular formula is C35H62O9. The summed E-state index contributed by atoms with van der Waals surface area (Å²) in [5.41, 5.74) is -0.228. The van der Waals surface area contributed by atoms with Gasteiger partial charge in [-0.15, -0.1) is 0 Å². The molecule has 0 bridgehead atoms. The molecule has 17 atom stereocenters. The van der Waals surface area contributed by atoms with Gasteiger partial charge in [0.1, 0.15) is 18.3 Å². The van der Waals surface area contributed by atoms with Crippen molar-refractivity contribution < 1.29 is 44.8 Å². The normalized spacial score (nSPS) is 50.5. The molecule has 0 radical (unpaired) electrons. The lowest BCUT2D eigenvalue weighted by Gasteiger charge is -2.62. The predicted octanol–water partition coefficient (Wildman–Crippen LogP) is 3.11. The molecule has 1 heterocycles. The van der Waals surface area contributed by atoms with Crippen LogP contribution < -0.4 is 0 Å². The standard InChI is InChI=1S/C35H62O9/c1-18(2)20(11-14-43-33-32(41)29(38)26(42-6)17-44-33)8-7-19(3)27-30(39)31(40)28-22-16-25(37)24-15-21(36)9-12-34(24,4)23(22)10-13-35(27,28)5/h18-33,36-41H,7-17H2,1-6H3/t19?,20?,21-,22?,23?,24?,25?,26+,27?,28?,29?,30+,31-,32?,33+,34+,35+/m0/s1. The van der Waals surface area contributed by atoms with Crippen molar-refractivity contribution in [1.82, 2.24) is 0 Å². The zero-order valence-corrected chi connectivity index (χ0v) is 27.9. The van der Waals surface area contributed by atoms with Gasteiger partial charge in [0.15, 0.2) is 6.29 Å². The minimum atomic E-state index is -1.16. The van der Waals surface area contributed by atoms with E-state index in [1.165, 1.54) is 7.11 Å². The monoisotopic (exact) mass is 626 g/mol. The Bertz CT molecular complexity index is 949. The lowest BCUT2D eigenvalue weighted by Crippen LogP contribution is -2.59. The summed E-state index contributed by atoms with van der Waals surface area (Å²) in [6, 6.07) is 0. The number of ether oxygens (including phenoxy) is 3. The van der Waals surface area contributed by atoms with Crippen molar-refractivity contribution in [3.8, 4) is 0 Å². The number of aliphatic hydroxyl groups excluding tert-OH is 6. The van der Waals surface area contributed by atoms with Crippen LogP contribution in [0.25, 0.3) is 0 Å². The molecule has 4 saturated carbocycles. The second kappa shape index (κ2) is 13.6. The summed E-state index contributed by atoms with van der Waals surface area (Å²) in [5, 5.41) is 65.7. The van der Waals surface area contributed by atoms with E-state index in [4.69, 9.17) is 14.2 Å². The molecule has 10 unspecified atom stereocenters. The lowest BCUT2D eigenvalue weighted by molar-refractivity contribution is -0.274. The molecule has 0 aromatic heterocycles. The van der Waals surface area contributed by atoms with Crippen LogP contribution in [0.5, 0.6) is 0 Å². The van der Waals surface area contributed by atoms with Gasteiger partial charge < -0.3 is 44.8 Å². The molecule has 0 aromatic rings. The van der Waals surface area contributed by atoms with Crippen LogP contribution in [0.4, 0.5) is 0 Å². The number of rotatable bonds is 10. The van der Waals surface area contributed by atoms with E-state index in [0.717, 1.165) is 44.9 Å². The second-order valence-electron chi connectivity index (χ2n) is 16.4. The first-order valence-electron chi connectivity index (χ1n) is 17.6. The fourth-order valence-corrected chi connectivity index (χ4v) is 11.3. The summed E-state index contributed by atoms with van der Waals surface area (Å²) in [4.78, 5) is 0. The fraction of sp³-hybridized carbons (Fsp3) is 1.00. The summed E-state index contributed by atoms with van der Waals surface area (Å²) < 4.78 is 16.6. The van der Waals surface area contributed by atoms with E-state index in [1.54, 1.807) is 0 Å². The molecule has 0 amide bonds. The molecule has 5 rings (SSSR count). The molecule has 0 spiro atoms. The lowest BCUT2D eigenvalue weighted by atomic mass is 9.43. The molecule has 5 fully saturated rings. The highest BCUT2D eigenvalue weighted by molar-refractivity contribution is 5.15. The maximum absolute atomic E-state index is 11.7. The van der Waals surface area contributed by atoms with Crippen molar-refractivity contribution in [2.24, 2.45) is 58.2 Å². The maximum atomic E-state index is 11.7. The molecule has 9 heteroatoms. The minimum Gasteiger partial charge on any atom is -0.393 e. The third-order valence-corrected chi connectivity index (χ3v) is 13.9. The molecule has 5 aliphatic rings. The van der Waals surface area contributed by atoms with E-state index in [2.05, 4.69) is 34.6 Å². The number of methoxy groups -OCH3 is 1. The Morgan fingerprint density at radius 1 is 0.795 bits per heavy atom. The van der Waals surface area contributed by atoms with Gasteiger partial charge in [-0.1, -0.05) is 41.0 Å². The van der Waals surface area contributed by atoms with Crippen molar-refractivity contribution in [3.63, 3.8) is 0 Å². The summed E-state index contributed by atoms with van der Waals surface area (Å²) in [5.74, 6) is 1.66. The highest BCUT2D eigenvalue weighted by Crippen LogP contribution is 2.68. The highest BCUT2D eigenvalue weighted by Gasteiger charge is 2.67.